The molecule has 0 saturated carbocycles. The van der Waals surface area contributed by atoms with E-state index in [4.69, 9.17) is 5.14 Å². The van der Waals surface area contributed by atoms with E-state index in [0.717, 1.165) is 0 Å². The van der Waals surface area contributed by atoms with E-state index in [1.807, 2.05) is 0 Å². The van der Waals surface area contributed by atoms with Crippen molar-refractivity contribution < 1.29 is 22.0 Å². The number of halogens is 3. The fourth-order valence-corrected chi connectivity index (χ4v) is 2.83. The van der Waals surface area contributed by atoms with Crippen molar-refractivity contribution in [1.29, 1.82) is 0 Å². The molecule has 1 aliphatic rings. The largest absolute Gasteiger partial charge is 0.348 e. The van der Waals surface area contributed by atoms with Crippen molar-refractivity contribution in [3.8, 4) is 0 Å². The average Bonchev–Trinajstić information content (AvgIpc) is 2.78. The van der Waals surface area contributed by atoms with Crippen LogP contribution < -0.4 is 15.8 Å². The number of carbonyl (C=O) groups is 1. The van der Waals surface area contributed by atoms with Crippen LogP contribution in [-0.2, 0) is 14.8 Å². The van der Waals surface area contributed by atoms with E-state index in [9.17, 15) is 22.0 Å². The molecular formula is C13H18ClF2N3O3S. The maximum absolute atomic E-state index is 13.1. The van der Waals surface area contributed by atoms with E-state index in [1.165, 1.54) is 18.2 Å². The van der Waals surface area contributed by atoms with Gasteiger partial charge in [0.15, 0.2) is 0 Å². The Balaban J connectivity index is 0.00000264. The molecule has 1 aliphatic heterocycles. The highest BCUT2D eigenvalue weighted by Crippen LogP contribution is 2.25. The van der Waals surface area contributed by atoms with Crippen molar-refractivity contribution in [3.05, 3.63) is 29.8 Å². The third-order valence-electron chi connectivity index (χ3n) is 3.47. The Kier molecular flexibility index (Phi) is 6.08. The van der Waals surface area contributed by atoms with Crippen LogP contribution in [0.1, 0.15) is 24.9 Å². The van der Waals surface area contributed by atoms with E-state index >= 15 is 0 Å². The van der Waals surface area contributed by atoms with Crippen LogP contribution in [-0.4, -0.2) is 32.8 Å². The topological polar surface area (TPSA) is 101 Å². The van der Waals surface area contributed by atoms with Gasteiger partial charge in [0, 0.05) is 6.42 Å². The minimum absolute atomic E-state index is 0. The van der Waals surface area contributed by atoms with Gasteiger partial charge >= 0.3 is 0 Å². The van der Waals surface area contributed by atoms with E-state index in [1.54, 1.807) is 13.0 Å². The maximum atomic E-state index is 13.1. The summed E-state index contributed by atoms with van der Waals surface area (Å²) in [6, 6.07) is 4.31. The quantitative estimate of drug-likeness (QED) is 0.734. The minimum atomic E-state index is -3.84. The molecule has 0 aromatic heterocycles. The lowest BCUT2D eigenvalue weighted by atomic mass is 10.1. The molecule has 0 aliphatic carbocycles. The van der Waals surface area contributed by atoms with Crippen LogP contribution in [0.5, 0.6) is 0 Å². The Hall–Kier alpha value is -1.29. The first-order valence-corrected chi connectivity index (χ1v) is 8.17. The zero-order valence-corrected chi connectivity index (χ0v) is 13.9. The third kappa shape index (κ3) is 5.10. The Labute approximate surface area is 139 Å². The van der Waals surface area contributed by atoms with Gasteiger partial charge in [-0.1, -0.05) is 12.1 Å². The molecule has 1 saturated heterocycles. The van der Waals surface area contributed by atoms with Gasteiger partial charge in [0.05, 0.1) is 23.5 Å². The standard InChI is InChI=1S/C13H17F2N3O3S.ClH/c1-8(9-3-2-4-10(5-9)22(16,20)21)18-12(19)11-6-13(14,15)7-17-11;/h2-5,8,11,17H,6-7H2,1H3,(H,18,19)(H2,16,20,21);1H. The molecule has 2 rings (SSSR count). The summed E-state index contributed by atoms with van der Waals surface area (Å²) in [5.41, 5.74) is 0.518. The summed E-state index contributed by atoms with van der Waals surface area (Å²) in [6.07, 6.45) is -0.553. The first kappa shape index (κ1) is 19.8. The van der Waals surface area contributed by atoms with E-state index in [-0.39, 0.29) is 17.3 Å². The number of carbonyl (C=O) groups excluding carboxylic acids is 1. The molecular weight excluding hydrogens is 352 g/mol. The van der Waals surface area contributed by atoms with Gasteiger partial charge in [-0.2, -0.15) is 0 Å². The molecule has 0 radical (unpaired) electrons. The maximum Gasteiger partial charge on any atom is 0.262 e. The molecule has 1 fully saturated rings. The van der Waals surface area contributed by atoms with Crippen molar-refractivity contribution >= 4 is 28.3 Å². The SMILES string of the molecule is CC(NC(=O)C1CC(F)(F)CN1)c1cccc(S(N)(=O)=O)c1.Cl. The van der Waals surface area contributed by atoms with Gasteiger partial charge in [-0.3, -0.25) is 10.1 Å². The van der Waals surface area contributed by atoms with Crippen LogP contribution in [0.4, 0.5) is 8.78 Å². The molecule has 1 amide bonds. The molecule has 0 spiro atoms. The van der Waals surface area contributed by atoms with Gasteiger partial charge in [-0.25, -0.2) is 22.3 Å². The number of alkyl halides is 2. The van der Waals surface area contributed by atoms with Crippen molar-refractivity contribution in [2.45, 2.75) is 36.2 Å². The van der Waals surface area contributed by atoms with Crippen molar-refractivity contribution in [2.24, 2.45) is 5.14 Å². The fourth-order valence-electron chi connectivity index (χ4n) is 2.26. The summed E-state index contributed by atoms with van der Waals surface area (Å²) in [7, 11) is -3.84. The van der Waals surface area contributed by atoms with E-state index in [2.05, 4.69) is 10.6 Å². The lowest BCUT2D eigenvalue weighted by molar-refractivity contribution is -0.124. The summed E-state index contributed by atoms with van der Waals surface area (Å²) < 4.78 is 48.8. The van der Waals surface area contributed by atoms with Crippen molar-refractivity contribution in [2.75, 3.05) is 6.54 Å². The van der Waals surface area contributed by atoms with Gasteiger partial charge in [-0.05, 0) is 24.6 Å². The van der Waals surface area contributed by atoms with Crippen LogP contribution in [0.15, 0.2) is 29.2 Å². The normalized spacial score (nSPS) is 21.3. The van der Waals surface area contributed by atoms with Gasteiger partial charge < -0.3 is 5.32 Å². The predicted octanol–water partition coefficient (Wildman–Crippen LogP) is 0.930. The number of nitrogens with one attached hydrogen (secondary N) is 2. The second-order valence-corrected chi connectivity index (χ2v) is 6.90. The highest BCUT2D eigenvalue weighted by atomic mass is 35.5. The highest BCUT2D eigenvalue weighted by molar-refractivity contribution is 7.89. The van der Waals surface area contributed by atoms with Crippen molar-refractivity contribution in [3.63, 3.8) is 0 Å². The minimum Gasteiger partial charge on any atom is -0.348 e. The monoisotopic (exact) mass is 369 g/mol. The second-order valence-electron chi connectivity index (χ2n) is 5.34. The third-order valence-corrected chi connectivity index (χ3v) is 4.38. The van der Waals surface area contributed by atoms with E-state index < -0.39 is 46.9 Å². The van der Waals surface area contributed by atoms with Crippen LogP contribution in [0, 0.1) is 0 Å². The number of hydrogen-bond acceptors (Lipinski definition) is 4. The molecule has 2 atom stereocenters. The first-order chi connectivity index (χ1) is 10.1. The molecule has 0 bridgehead atoms. The fraction of sp³-hybridized carbons (Fsp3) is 0.462. The number of nitrogens with two attached hydrogens (primary N) is 1. The predicted molar refractivity (Wildman–Crippen MR) is 83.0 cm³/mol. The summed E-state index contributed by atoms with van der Waals surface area (Å²) in [4.78, 5) is 11.9. The highest BCUT2D eigenvalue weighted by Gasteiger charge is 2.42. The number of benzene rings is 1. The number of hydrogen-bond donors (Lipinski definition) is 3. The van der Waals surface area contributed by atoms with Crippen LogP contribution >= 0.6 is 12.4 Å². The van der Waals surface area contributed by atoms with Crippen LogP contribution in [0.3, 0.4) is 0 Å². The molecule has 130 valence electrons. The zero-order valence-electron chi connectivity index (χ0n) is 12.3. The number of primary sulfonamides is 1. The Morgan fingerprint density at radius 3 is 2.65 bits per heavy atom. The van der Waals surface area contributed by atoms with Gasteiger partial charge in [0.25, 0.3) is 5.92 Å². The van der Waals surface area contributed by atoms with Gasteiger partial charge in [-0.15, -0.1) is 12.4 Å². The van der Waals surface area contributed by atoms with Crippen LogP contribution in [0.25, 0.3) is 0 Å². The molecule has 6 nitrogen and oxygen atoms in total. The summed E-state index contributed by atoms with van der Waals surface area (Å²) >= 11 is 0. The smallest absolute Gasteiger partial charge is 0.262 e. The van der Waals surface area contributed by atoms with Crippen molar-refractivity contribution in [1.82, 2.24) is 10.6 Å². The molecule has 1 aromatic rings. The first-order valence-electron chi connectivity index (χ1n) is 6.63. The molecule has 1 heterocycles. The molecule has 2 unspecified atom stereocenters. The number of sulfonamides is 1. The molecule has 4 N–H and O–H groups in total. The molecule has 1 aromatic carbocycles. The summed E-state index contributed by atoms with van der Waals surface area (Å²) in [5.74, 6) is -3.44. The van der Waals surface area contributed by atoms with Crippen LogP contribution in [0.2, 0.25) is 0 Å². The Bertz CT molecular complexity index is 685. The van der Waals surface area contributed by atoms with Gasteiger partial charge in [0.1, 0.15) is 0 Å². The van der Waals surface area contributed by atoms with E-state index in [0.29, 0.717) is 5.56 Å². The average molecular weight is 370 g/mol. The number of rotatable bonds is 4. The second kappa shape index (κ2) is 7.08. The van der Waals surface area contributed by atoms with Gasteiger partial charge in [0.2, 0.25) is 15.9 Å². The Morgan fingerprint density at radius 2 is 2.13 bits per heavy atom. The molecule has 10 heteroatoms. The number of amides is 1. The zero-order chi connectivity index (χ0) is 16.5. The Morgan fingerprint density at radius 1 is 1.48 bits per heavy atom. The summed E-state index contributed by atoms with van der Waals surface area (Å²) in [6.45, 7) is 1.10. The lowest BCUT2D eigenvalue weighted by Gasteiger charge is -2.18. The summed E-state index contributed by atoms with van der Waals surface area (Å²) in [5, 5.41) is 10.1. The lowest BCUT2D eigenvalue weighted by Crippen LogP contribution is -2.41. The molecule has 23 heavy (non-hydrogen) atoms.